The standard InChI is InChI=1S/C14H18N2O2S/c1-11-9-13(11)10-16-19(17,18)14-6-4-12(5-7-14)3-2-8-15/h4-7,11,13,16H,8-10,15H2,1H3. The van der Waals surface area contributed by atoms with E-state index in [2.05, 4.69) is 23.5 Å². The molecule has 0 radical (unpaired) electrons. The highest BCUT2D eigenvalue weighted by atomic mass is 32.2. The Hall–Kier alpha value is -1.35. The van der Waals surface area contributed by atoms with Gasteiger partial charge in [-0.1, -0.05) is 18.8 Å². The second-order valence-corrected chi connectivity index (χ2v) is 6.62. The molecule has 0 spiro atoms. The summed E-state index contributed by atoms with van der Waals surface area (Å²) in [6, 6.07) is 6.52. The lowest BCUT2D eigenvalue weighted by molar-refractivity contribution is 0.574. The van der Waals surface area contributed by atoms with Crippen LogP contribution in [0.4, 0.5) is 0 Å². The van der Waals surface area contributed by atoms with Crippen LogP contribution < -0.4 is 10.5 Å². The number of rotatable bonds is 4. The predicted molar refractivity (Wildman–Crippen MR) is 74.8 cm³/mol. The van der Waals surface area contributed by atoms with E-state index in [1.165, 1.54) is 0 Å². The molecular weight excluding hydrogens is 260 g/mol. The fourth-order valence-corrected chi connectivity index (χ4v) is 2.95. The average Bonchev–Trinajstić information content (AvgIpc) is 3.11. The maximum Gasteiger partial charge on any atom is 0.240 e. The fourth-order valence-electron chi connectivity index (χ4n) is 1.85. The van der Waals surface area contributed by atoms with Crippen LogP contribution in [0.1, 0.15) is 18.9 Å². The van der Waals surface area contributed by atoms with E-state index in [9.17, 15) is 8.42 Å². The maximum absolute atomic E-state index is 12.0. The van der Waals surface area contributed by atoms with E-state index in [0.29, 0.717) is 24.9 Å². The molecule has 0 aromatic heterocycles. The van der Waals surface area contributed by atoms with Crippen molar-refractivity contribution in [3.63, 3.8) is 0 Å². The lowest BCUT2D eigenvalue weighted by Crippen LogP contribution is -2.26. The zero-order valence-electron chi connectivity index (χ0n) is 10.9. The third kappa shape index (κ3) is 3.80. The van der Waals surface area contributed by atoms with Crippen LogP contribution in [0, 0.1) is 23.7 Å². The Kier molecular flexibility index (Phi) is 4.25. The van der Waals surface area contributed by atoms with Gasteiger partial charge in [-0.05, 0) is 42.5 Å². The first-order chi connectivity index (χ1) is 9.03. The number of hydrogen-bond donors (Lipinski definition) is 2. The zero-order chi connectivity index (χ0) is 13.9. The van der Waals surface area contributed by atoms with Crippen molar-refractivity contribution in [1.29, 1.82) is 0 Å². The van der Waals surface area contributed by atoms with Crippen molar-refractivity contribution in [2.45, 2.75) is 18.2 Å². The largest absolute Gasteiger partial charge is 0.320 e. The first-order valence-electron chi connectivity index (χ1n) is 6.31. The van der Waals surface area contributed by atoms with Gasteiger partial charge in [0.25, 0.3) is 0 Å². The number of sulfonamides is 1. The van der Waals surface area contributed by atoms with E-state index >= 15 is 0 Å². The van der Waals surface area contributed by atoms with Gasteiger partial charge < -0.3 is 5.73 Å². The van der Waals surface area contributed by atoms with Crippen LogP contribution in [0.3, 0.4) is 0 Å². The van der Waals surface area contributed by atoms with Gasteiger partial charge in [-0.3, -0.25) is 0 Å². The monoisotopic (exact) mass is 278 g/mol. The zero-order valence-corrected chi connectivity index (χ0v) is 11.7. The van der Waals surface area contributed by atoms with Crippen LogP contribution in [0.2, 0.25) is 0 Å². The van der Waals surface area contributed by atoms with E-state index in [-0.39, 0.29) is 4.90 Å². The lowest BCUT2D eigenvalue weighted by Gasteiger charge is -2.06. The first-order valence-corrected chi connectivity index (χ1v) is 7.80. The molecule has 0 bridgehead atoms. The highest BCUT2D eigenvalue weighted by Gasteiger charge is 2.33. The molecule has 1 saturated carbocycles. The van der Waals surface area contributed by atoms with Crippen molar-refractivity contribution in [3.05, 3.63) is 29.8 Å². The minimum absolute atomic E-state index is 0.277. The average molecular weight is 278 g/mol. The van der Waals surface area contributed by atoms with Crippen molar-refractivity contribution in [3.8, 4) is 11.8 Å². The molecule has 2 atom stereocenters. The van der Waals surface area contributed by atoms with Gasteiger partial charge in [0.15, 0.2) is 0 Å². The molecule has 1 aromatic carbocycles. The van der Waals surface area contributed by atoms with Crippen molar-refractivity contribution >= 4 is 10.0 Å². The van der Waals surface area contributed by atoms with Crippen molar-refractivity contribution in [2.24, 2.45) is 17.6 Å². The molecule has 0 heterocycles. The van der Waals surface area contributed by atoms with Gasteiger partial charge in [-0.2, -0.15) is 0 Å². The van der Waals surface area contributed by atoms with Gasteiger partial charge in [0.05, 0.1) is 11.4 Å². The number of benzene rings is 1. The van der Waals surface area contributed by atoms with Crippen LogP contribution >= 0.6 is 0 Å². The van der Waals surface area contributed by atoms with Gasteiger partial charge in [0.2, 0.25) is 10.0 Å². The Morgan fingerprint density at radius 3 is 2.53 bits per heavy atom. The Labute approximate surface area is 114 Å². The van der Waals surface area contributed by atoms with Gasteiger partial charge in [0, 0.05) is 12.1 Å². The van der Waals surface area contributed by atoms with Crippen LogP contribution in [0.25, 0.3) is 0 Å². The van der Waals surface area contributed by atoms with E-state index in [4.69, 9.17) is 5.73 Å². The molecule has 3 N–H and O–H groups in total. The highest BCUT2D eigenvalue weighted by molar-refractivity contribution is 7.89. The van der Waals surface area contributed by atoms with Crippen molar-refractivity contribution < 1.29 is 8.42 Å². The maximum atomic E-state index is 12.0. The summed E-state index contributed by atoms with van der Waals surface area (Å²) in [5.41, 5.74) is 6.05. The minimum atomic E-state index is -3.40. The molecule has 4 nitrogen and oxygen atoms in total. The smallest absolute Gasteiger partial charge is 0.240 e. The van der Waals surface area contributed by atoms with E-state index in [0.717, 1.165) is 12.0 Å². The van der Waals surface area contributed by atoms with Crippen LogP contribution in [-0.2, 0) is 10.0 Å². The van der Waals surface area contributed by atoms with Crippen LogP contribution in [0.15, 0.2) is 29.2 Å². The van der Waals surface area contributed by atoms with E-state index < -0.39 is 10.0 Å². The Morgan fingerprint density at radius 2 is 2.00 bits per heavy atom. The summed E-state index contributed by atoms with van der Waals surface area (Å²) in [6.07, 6.45) is 1.11. The molecule has 5 heteroatoms. The first kappa shape index (κ1) is 14.1. The Bertz CT molecular complexity index is 597. The molecule has 1 aliphatic carbocycles. The third-order valence-electron chi connectivity index (χ3n) is 3.31. The second kappa shape index (κ2) is 5.74. The van der Waals surface area contributed by atoms with E-state index in [1.807, 2.05) is 0 Å². The molecule has 1 aliphatic rings. The molecule has 0 aliphatic heterocycles. The Balaban J connectivity index is 2.03. The summed E-state index contributed by atoms with van der Waals surface area (Å²) < 4.78 is 26.7. The predicted octanol–water partition coefficient (Wildman–Crippen LogP) is 0.931. The molecule has 102 valence electrons. The molecule has 0 amide bonds. The number of nitrogens with two attached hydrogens (primary N) is 1. The summed E-state index contributed by atoms with van der Waals surface area (Å²) in [7, 11) is -3.40. The van der Waals surface area contributed by atoms with E-state index in [1.54, 1.807) is 24.3 Å². The molecule has 2 unspecified atom stereocenters. The number of hydrogen-bond acceptors (Lipinski definition) is 3. The molecule has 0 saturated heterocycles. The highest BCUT2D eigenvalue weighted by Crippen LogP contribution is 2.37. The minimum Gasteiger partial charge on any atom is -0.320 e. The van der Waals surface area contributed by atoms with Crippen molar-refractivity contribution in [2.75, 3.05) is 13.1 Å². The summed E-state index contributed by atoms with van der Waals surface area (Å²) in [5, 5.41) is 0. The molecule has 1 fully saturated rings. The van der Waals surface area contributed by atoms with Gasteiger partial charge in [0.1, 0.15) is 0 Å². The summed E-state index contributed by atoms with van der Waals surface area (Å²) in [4.78, 5) is 0.277. The summed E-state index contributed by atoms with van der Waals surface area (Å²) in [5.74, 6) is 6.71. The number of nitrogens with one attached hydrogen (secondary N) is 1. The van der Waals surface area contributed by atoms with Gasteiger partial charge in [-0.15, -0.1) is 0 Å². The van der Waals surface area contributed by atoms with Crippen LogP contribution in [0.5, 0.6) is 0 Å². The van der Waals surface area contributed by atoms with Gasteiger partial charge >= 0.3 is 0 Å². The van der Waals surface area contributed by atoms with Crippen LogP contribution in [-0.4, -0.2) is 21.5 Å². The second-order valence-electron chi connectivity index (χ2n) is 4.86. The van der Waals surface area contributed by atoms with Crippen molar-refractivity contribution in [1.82, 2.24) is 4.72 Å². The Morgan fingerprint density at radius 1 is 1.37 bits per heavy atom. The SMILES string of the molecule is CC1CC1CNS(=O)(=O)c1ccc(C#CCN)cc1. The summed E-state index contributed by atoms with van der Waals surface area (Å²) >= 11 is 0. The lowest BCUT2D eigenvalue weighted by atomic mass is 10.2. The molecular formula is C14H18N2O2S. The fraction of sp³-hybridized carbons (Fsp3) is 0.429. The van der Waals surface area contributed by atoms with Gasteiger partial charge in [-0.25, -0.2) is 13.1 Å². The third-order valence-corrected chi connectivity index (χ3v) is 4.75. The summed E-state index contributed by atoms with van der Waals surface area (Å²) in [6.45, 7) is 2.95. The molecule has 2 rings (SSSR count). The normalized spacial score (nSPS) is 21.6. The quantitative estimate of drug-likeness (QED) is 0.805. The molecule has 1 aromatic rings. The topological polar surface area (TPSA) is 72.2 Å². The molecule has 19 heavy (non-hydrogen) atoms.